The van der Waals surface area contributed by atoms with E-state index in [1.54, 1.807) is 0 Å². The summed E-state index contributed by atoms with van der Waals surface area (Å²) >= 11 is 0. The van der Waals surface area contributed by atoms with Gasteiger partial charge < -0.3 is 10.5 Å². The molecular weight excluding hydrogens is 433 g/mol. The summed E-state index contributed by atoms with van der Waals surface area (Å²) in [5, 5.41) is 18.2. The minimum atomic E-state index is -2.56. The fourth-order valence-electron chi connectivity index (χ4n) is 5.86. The molecule has 1 aliphatic carbocycles. The summed E-state index contributed by atoms with van der Waals surface area (Å²) in [4.78, 5) is 10.5. The van der Waals surface area contributed by atoms with E-state index in [1.165, 1.54) is 6.21 Å². The molecule has 5 aliphatic rings. The molecule has 0 aromatic carbocycles. The van der Waals surface area contributed by atoms with Crippen LogP contribution >= 0.6 is 0 Å². The van der Waals surface area contributed by atoms with Crippen LogP contribution in [-0.2, 0) is 0 Å². The highest BCUT2D eigenvalue weighted by molar-refractivity contribution is 6.05. The first-order valence-electron chi connectivity index (χ1n) is 12.1. The van der Waals surface area contributed by atoms with Gasteiger partial charge in [-0.1, -0.05) is 6.08 Å². The van der Waals surface area contributed by atoms with E-state index in [9.17, 15) is 18.3 Å². The van der Waals surface area contributed by atoms with Crippen LogP contribution in [0.15, 0.2) is 26.7 Å². The van der Waals surface area contributed by atoms with Gasteiger partial charge in [-0.3, -0.25) is 20.2 Å². The summed E-state index contributed by atoms with van der Waals surface area (Å²) in [6, 6.07) is -0.153. The maximum Gasteiger partial charge on any atom is 0.261 e. The van der Waals surface area contributed by atoms with E-state index in [0.29, 0.717) is 31.9 Å². The molecule has 5 rings (SSSR count). The van der Waals surface area contributed by atoms with E-state index in [4.69, 9.17) is 0 Å². The second-order valence-corrected chi connectivity index (χ2v) is 10.2. The van der Waals surface area contributed by atoms with Crippen LogP contribution in [0.2, 0.25) is 0 Å². The third-order valence-corrected chi connectivity index (χ3v) is 7.53. The molecule has 7 nitrogen and oxygen atoms in total. The largest absolute Gasteiger partial charge is 0.373 e. The number of aliphatic imine (C=N–C) groups is 2. The van der Waals surface area contributed by atoms with Gasteiger partial charge in [-0.05, 0) is 36.7 Å². The van der Waals surface area contributed by atoms with E-state index >= 15 is 0 Å². The number of aliphatic hydroxyl groups is 1. The molecular formula is C23H33F3N6O. The number of alkyl halides is 3. The molecule has 4 aliphatic heterocycles. The number of rotatable bonds is 6. The highest BCUT2D eigenvalue weighted by atomic mass is 19.3. The maximum atomic E-state index is 13.6. The lowest BCUT2D eigenvalue weighted by Crippen LogP contribution is -2.47. The highest BCUT2D eigenvalue weighted by Gasteiger charge is 2.40. The number of allylic oxidation sites excluding steroid dienone is 1. The highest BCUT2D eigenvalue weighted by Crippen LogP contribution is 2.36. The van der Waals surface area contributed by atoms with Crippen molar-refractivity contribution in [1.82, 2.24) is 15.6 Å². The van der Waals surface area contributed by atoms with E-state index in [0.717, 1.165) is 24.8 Å². The lowest BCUT2D eigenvalue weighted by atomic mass is 9.75. The minimum Gasteiger partial charge on any atom is -0.373 e. The Kier molecular flexibility index (Phi) is 6.59. The van der Waals surface area contributed by atoms with Crippen molar-refractivity contribution in [1.29, 1.82) is 0 Å². The first kappa shape index (κ1) is 23.0. The Morgan fingerprint density at radius 3 is 2.82 bits per heavy atom. The zero-order valence-electron chi connectivity index (χ0n) is 18.7. The van der Waals surface area contributed by atoms with Crippen LogP contribution in [0.5, 0.6) is 0 Å². The molecule has 3 N–H and O–H groups in total. The van der Waals surface area contributed by atoms with E-state index in [2.05, 4.69) is 31.9 Å². The van der Waals surface area contributed by atoms with Gasteiger partial charge in [0.2, 0.25) is 0 Å². The summed E-state index contributed by atoms with van der Waals surface area (Å²) in [5.74, 6) is -1.75. The summed E-state index contributed by atoms with van der Waals surface area (Å²) in [5.41, 5.74) is 4.69. The van der Waals surface area contributed by atoms with Crippen LogP contribution in [0.1, 0.15) is 32.1 Å². The Bertz CT molecular complexity index is 846. The molecule has 0 radical (unpaired) electrons. The first-order valence-corrected chi connectivity index (χ1v) is 12.1. The minimum absolute atomic E-state index is 0.0484. The SMILES string of the molecule is OC(NC1CN=CC(F)C1)C1=NNC2CCC(C3C=NCC(CN4CCC(F)(F)C4)C3)C=C12. The number of hydrogen-bond acceptors (Lipinski definition) is 7. The summed E-state index contributed by atoms with van der Waals surface area (Å²) in [6.07, 6.45) is 6.54. The normalized spacial score (nSPS) is 39.0. The molecule has 1 fully saturated rings. The number of aliphatic hydroxyl groups excluding tert-OH is 1. The number of hydrogen-bond donors (Lipinski definition) is 3. The van der Waals surface area contributed by atoms with Crippen molar-refractivity contribution in [2.24, 2.45) is 32.8 Å². The van der Waals surface area contributed by atoms with Crippen LogP contribution in [-0.4, -0.2) is 91.3 Å². The molecule has 0 aromatic heterocycles. The van der Waals surface area contributed by atoms with Crippen LogP contribution in [0.3, 0.4) is 0 Å². The predicted octanol–water partition coefficient (Wildman–Crippen LogP) is 1.79. The average molecular weight is 467 g/mol. The molecule has 0 spiro atoms. The summed E-state index contributed by atoms with van der Waals surface area (Å²) in [7, 11) is 0. The number of nitrogens with one attached hydrogen (secondary N) is 2. The molecule has 33 heavy (non-hydrogen) atoms. The second kappa shape index (κ2) is 9.46. The number of fused-ring (bicyclic) bond motifs is 1. The van der Waals surface area contributed by atoms with Crippen molar-refractivity contribution in [2.75, 3.05) is 32.7 Å². The van der Waals surface area contributed by atoms with Crippen molar-refractivity contribution in [3.05, 3.63) is 11.6 Å². The Morgan fingerprint density at radius 2 is 2.03 bits per heavy atom. The molecule has 0 amide bonds. The third kappa shape index (κ3) is 5.33. The zero-order chi connectivity index (χ0) is 23.0. The molecule has 4 heterocycles. The molecule has 10 heteroatoms. The second-order valence-electron chi connectivity index (χ2n) is 10.2. The smallest absolute Gasteiger partial charge is 0.261 e. The standard InChI is InChI=1S/C23H33F3N6O/c24-17-7-18(11-28-10-17)29-22(33)21-19-6-15(1-2-20(19)30-31-21)16-5-14(8-27-9-16)12-32-4-3-23(25,26)13-32/h6,9-10,14-18,20,22,29-30,33H,1-5,7-8,11-13H2. The van der Waals surface area contributed by atoms with Crippen molar-refractivity contribution >= 4 is 18.1 Å². The van der Waals surface area contributed by atoms with Gasteiger partial charge in [-0.15, -0.1) is 0 Å². The Morgan fingerprint density at radius 1 is 1.18 bits per heavy atom. The van der Waals surface area contributed by atoms with Crippen molar-refractivity contribution in [3.8, 4) is 0 Å². The van der Waals surface area contributed by atoms with Crippen LogP contribution < -0.4 is 10.7 Å². The third-order valence-electron chi connectivity index (χ3n) is 7.53. The van der Waals surface area contributed by atoms with Gasteiger partial charge >= 0.3 is 0 Å². The molecule has 0 aromatic rings. The van der Waals surface area contributed by atoms with Gasteiger partial charge in [-0.2, -0.15) is 5.10 Å². The van der Waals surface area contributed by atoms with Gasteiger partial charge in [0.05, 0.1) is 19.1 Å². The first-order chi connectivity index (χ1) is 15.9. The van der Waals surface area contributed by atoms with Crippen LogP contribution in [0, 0.1) is 17.8 Å². The van der Waals surface area contributed by atoms with Gasteiger partial charge in [0.15, 0.2) is 6.23 Å². The lowest BCUT2D eigenvalue weighted by Gasteiger charge is -2.34. The number of hydrazone groups is 1. The van der Waals surface area contributed by atoms with E-state index in [-0.39, 0.29) is 49.2 Å². The van der Waals surface area contributed by atoms with Gasteiger partial charge in [0.25, 0.3) is 5.92 Å². The molecule has 0 saturated carbocycles. The van der Waals surface area contributed by atoms with Gasteiger partial charge in [0, 0.05) is 56.9 Å². The molecule has 1 saturated heterocycles. The molecule has 7 unspecified atom stereocenters. The van der Waals surface area contributed by atoms with E-state index < -0.39 is 18.3 Å². The van der Waals surface area contributed by atoms with Gasteiger partial charge in [-0.25, -0.2) is 13.2 Å². The Balaban J connectivity index is 1.21. The Labute approximate surface area is 192 Å². The number of nitrogens with zero attached hydrogens (tertiary/aromatic N) is 4. The fourth-order valence-corrected chi connectivity index (χ4v) is 5.86. The van der Waals surface area contributed by atoms with Crippen molar-refractivity contribution in [2.45, 2.75) is 62.5 Å². The maximum absolute atomic E-state index is 13.6. The fraction of sp³-hybridized carbons (Fsp3) is 0.783. The number of halogens is 3. The van der Waals surface area contributed by atoms with Crippen molar-refractivity contribution < 1.29 is 18.3 Å². The van der Waals surface area contributed by atoms with E-state index in [1.807, 2.05) is 11.1 Å². The van der Waals surface area contributed by atoms with Crippen LogP contribution in [0.4, 0.5) is 13.2 Å². The Hall–Kier alpha value is -1.78. The average Bonchev–Trinajstić information content (AvgIpc) is 3.36. The monoisotopic (exact) mass is 466 g/mol. The number of likely N-dealkylation sites (tertiary alicyclic amines) is 1. The van der Waals surface area contributed by atoms with Gasteiger partial charge in [0.1, 0.15) is 11.9 Å². The summed E-state index contributed by atoms with van der Waals surface area (Å²) in [6.45, 7) is 2.12. The zero-order valence-corrected chi connectivity index (χ0v) is 18.7. The summed E-state index contributed by atoms with van der Waals surface area (Å²) < 4.78 is 40.7. The predicted molar refractivity (Wildman–Crippen MR) is 122 cm³/mol. The topological polar surface area (TPSA) is 84.6 Å². The lowest BCUT2D eigenvalue weighted by molar-refractivity contribution is 0.0106. The molecule has 0 bridgehead atoms. The van der Waals surface area contributed by atoms with Crippen molar-refractivity contribution in [3.63, 3.8) is 0 Å². The quantitative estimate of drug-likeness (QED) is 0.521. The molecule has 7 atom stereocenters. The van der Waals surface area contributed by atoms with Crippen LogP contribution in [0.25, 0.3) is 0 Å². The molecule has 182 valence electrons.